The van der Waals surface area contributed by atoms with Gasteiger partial charge in [0.1, 0.15) is 0 Å². The van der Waals surface area contributed by atoms with Crippen LogP contribution in [0.1, 0.15) is 28.4 Å². The summed E-state index contributed by atoms with van der Waals surface area (Å²) in [6, 6.07) is 0. The molecular formula is C10H15N3S. The summed E-state index contributed by atoms with van der Waals surface area (Å²) in [4.78, 5) is 6.08. The summed E-state index contributed by atoms with van der Waals surface area (Å²) >= 11 is 1.87. The molecule has 0 amide bonds. The predicted molar refractivity (Wildman–Crippen MR) is 56.9 cm³/mol. The maximum Gasteiger partial charge on any atom is 0.0901 e. The van der Waals surface area contributed by atoms with E-state index in [9.17, 15) is 0 Å². The largest absolute Gasteiger partial charge is 0.245 e. The minimum Gasteiger partial charge on any atom is -0.245 e. The van der Waals surface area contributed by atoms with Crippen LogP contribution >= 0.6 is 11.3 Å². The summed E-state index contributed by atoms with van der Waals surface area (Å²) in [5, 5.41) is 6.17. The average Bonchev–Trinajstić information content (AvgIpc) is 2.53. The standard InChI is InChI=1S/C10H15N3S/c1-8-11-9-6-12-4-2-3-5-13(12)7-10(9)14-8/h2-7H2,1H3. The Morgan fingerprint density at radius 2 is 1.86 bits per heavy atom. The molecule has 0 spiro atoms. The number of aromatic nitrogens is 1. The Morgan fingerprint density at radius 3 is 2.64 bits per heavy atom. The van der Waals surface area contributed by atoms with Crippen molar-refractivity contribution in [1.82, 2.24) is 15.0 Å². The minimum atomic E-state index is 1.04. The Bertz CT molecular complexity index is 316. The van der Waals surface area contributed by atoms with Crippen LogP contribution in [0.15, 0.2) is 0 Å². The van der Waals surface area contributed by atoms with Crippen molar-refractivity contribution in [2.75, 3.05) is 13.1 Å². The molecule has 76 valence electrons. The van der Waals surface area contributed by atoms with Crippen LogP contribution in [0.2, 0.25) is 0 Å². The van der Waals surface area contributed by atoms with Gasteiger partial charge in [0, 0.05) is 24.5 Å². The molecule has 2 aliphatic rings. The fraction of sp³-hybridized carbons (Fsp3) is 0.700. The second-order valence-electron chi connectivity index (χ2n) is 4.09. The van der Waals surface area contributed by atoms with E-state index in [0.717, 1.165) is 13.1 Å². The van der Waals surface area contributed by atoms with Gasteiger partial charge in [-0.25, -0.2) is 15.0 Å². The van der Waals surface area contributed by atoms with Gasteiger partial charge in [-0.3, -0.25) is 0 Å². The molecule has 14 heavy (non-hydrogen) atoms. The molecule has 0 N–H and O–H groups in total. The monoisotopic (exact) mass is 209 g/mol. The highest BCUT2D eigenvalue weighted by atomic mass is 32.1. The molecule has 3 heterocycles. The number of aryl methyl sites for hydroxylation is 1. The molecular weight excluding hydrogens is 194 g/mol. The number of hydrazine groups is 1. The van der Waals surface area contributed by atoms with Gasteiger partial charge in [-0.1, -0.05) is 0 Å². The zero-order chi connectivity index (χ0) is 9.54. The number of thiazole rings is 1. The smallest absolute Gasteiger partial charge is 0.0901 e. The second kappa shape index (κ2) is 3.29. The third-order valence-corrected chi connectivity index (χ3v) is 4.02. The molecule has 1 fully saturated rings. The Kier molecular flexibility index (Phi) is 2.08. The van der Waals surface area contributed by atoms with Crippen molar-refractivity contribution in [2.45, 2.75) is 32.9 Å². The molecule has 1 aromatic heterocycles. The van der Waals surface area contributed by atoms with Crippen LogP contribution in [0.25, 0.3) is 0 Å². The van der Waals surface area contributed by atoms with E-state index in [1.165, 1.54) is 41.5 Å². The molecule has 0 aromatic carbocycles. The molecule has 4 heteroatoms. The summed E-state index contributed by atoms with van der Waals surface area (Å²) in [5.74, 6) is 0. The van der Waals surface area contributed by atoms with E-state index >= 15 is 0 Å². The van der Waals surface area contributed by atoms with Crippen molar-refractivity contribution in [3.63, 3.8) is 0 Å². The van der Waals surface area contributed by atoms with Crippen LogP contribution in [-0.2, 0) is 13.1 Å². The second-order valence-corrected chi connectivity index (χ2v) is 5.37. The summed E-state index contributed by atoms with van der Waals surface area (Å²) in [6.45, 7) is 6.70. The maximum absolute atomic E-state index is 4.59. The van der Waals surface area contributed by atoms with E-state index < -0.39 is 0 Å². The zero-order valence-corrected chi connectivity index (χ0v) is 9.31. The van der Waals surface area contributed by atoms with Gasteiger partial charge >= 0.3 is 0 Å². The molecule has 1 saturated heterocycles. The van der Waals surface area contributed by atoms with Gasteiger partial charge < -0.3 is 0 Å². The first-order valence-electron chi connectivity index (χ1n) is 5.28. The fourth-order valence-electron chi connectivity index (χ4n) is 2.33. The normalized spacial score (nSPS) is 23.2. The van der Waals surface area contributed by atoms with Crippen LogP contribution in [0.4, 0.5) is 0 Å². The van der Waals surface area contributed by atoms with E-state index in [1.807, 2.05) is 11.3 Å². The molecule has 3 rings (SSSR count). The van der Waals surface area contributed by atoms with Crippen molar-refractivity contribution >= 4 is 11.3 Å². The Hall–Kier alpha value is -0.450. The molecule has 0 bridgehead atoms. The van der Waals surface area contributed by atoms with Gasteiger partial charge in [0.2, 0.25) is 0 Å². The lowest BCUT2D eigenvalue weighted by atomic mass is 10.2. The third kappa shape index (κ3) is 1.38. The highest BCUT2D eigenvalue weighted by molar-refractivity contribution is 7.11. The average molecular weight is 209 g/mol. The first kappa shape index (κ1) is 8.83. The fourth-order valence-corrected chi connectivity index (χ4v) is 3.28. The molecule has 0 atom stereocenters. The highest BCUT2D eigenvalue weighted by Crippen LogP contribution is 2.28. The van der Waals surface area contributed by atoms with E-state index in [-0.39, 0.29) is 0 Å². The van der Waals surface area contributed by atoms with E-state index in [2.05, 4.69) is 21.9 Å². The molecule has 0 aliphatic carbocycles. The maximum atomic E-state index is 4.59. The third-order valence-electron chi connectivity index (χ3n) is 3.03. The summed E-state index contributed by atoms with van der Waals surface area (Å²) in [5.41, 5.74) is 1.32. The van der Waals surface area contributed by atoms with Gasteiger partial charge in [-0.2, -0.15) is 0 Å². The highest BCUT2D eigenvalue weighted by Gasteiger charge is 2.27. The molecule has 3 nitrogen and oxygen atoms in total. The number of hydrogen-bond donors (Lipinski definition) is 0. The number of nitrogens with zero attached hydrogens (tertiary/aromatic N) is 3. The zero-order valence-electron chi connectivity index (χ0n) is 8.49. The van der Waals surface area contributed by atoms with Crippen molar-refractivity contribution in [1.29, 1.82) is 0 Å². The number of hydrogen-bond acceptors (Lipinski definition) is 4. The van der Waals surface area contributed by atoms with Crippen molar-refractivity contribution in [3.05, 3.63) is 15.6 Å². The Morgan fingerprint density at radius 1 is 1.14 bits per heavy atom. The van der Waals surface area contributed by atoms with Crippen LogP contribution in [0.5, 0.6) is 0 Å². The molecule has 0 unspecified atom stereocenters. The lowest BCUT2D eigenvalue weighted by Crippen LogP contribution is -2.48. The Labute approximate surface area is 88.3 Å². The van der Waals surface area contributed by atoms with Gasteiger partial charge in [0.05, 0.1) is 17.2 Å². The van der Waals surface area contributed by atoms with Crippen molar-refractivity contribution in [2.24, 2.45) is 0 Å². The molecule has 2 aliphatic heterocycles. The van der Waals surface area contributed by atoms with E-state index in [4.69, 9.17) is 0 Å². The quantitative estimate of drug-likeness (QED) is 0.649. The Balaban J connectivity index is 1.90. The molecule has 0 saturated carbocycles. The van der Waals surface area contributed by atoms with Crippen LogP contribution in [-0.4, -0.2) is 28.1 Å². The SMILES string of the molecule is Cc1nc2c(s1)CN1CCCCN1C2. The topological polar surface area (TPSA) is 19.4 Å². The number of fused-ring (bicyclic) bond motifs is 2. The van der Waals surface area contributed by atoms with Crippen molar-refractivity contribution < 1.29 is 0 Å². The summed E-state index contributed by atoms with van der Waals surface area (Å²) in [6.07, 6.45) is 2.69. The van der Waals surface area contributed by atoms with E-state index in [1.54, 1.807) is 0 Å². The lowest BCUT2D eigenvalue weighted by Gasteiger charge is -2.41. The molecule has 0 radical (unpaired) electrons. The van der Waals surface area contributed by atoms with Gasteiger partial charge in [-0.05, 0) is 19.8 Å². The van der Waals surface area contributed by atoms with Gasteiger partial charge in [0.25, 0.3) is 0 Å². The van der Waals surface area contributed by atoms with Crippen LogP contribution in [0.3, 0.4) is 0 Å². The summed E-state index contributed by atoms with van der Waals surface area (Å²) in [7, 11) is 0. The van der Waals surface area contributed by atoms with Gasteiger partial charge in [0.15, 0.2) is 0 Å². The molecule has 1 aromatic rings. The lowest BCUT2D eigenvalue weighted by molar-refractivity contribution is -0.0751. The van der Waals surface area contributed by atoms with Crippen LogP contribution in [0, 0.1) is 6.92 Å². The summed E-state index contributed by atoms with van der Waals surface area (Å²) < 4.78 is 0. The number of rotatable bonds is 0. The van der Waals surface area contributed by atoms with Crippen molar-refractivity contribution in [3.8, 4) is 0 Å². The van der Waals surface area contributed by atoms with Crippen LogP contribution < -0.4 is 0 Å². The van der Waals surface area contributed by atoms with E-state index in [0.29, 0.717) is 0 Å². The first-order valence-corrected chi connectivity index (χ1v) is 6.09. The first-order chi connectivity index (χ1) is 6.83. The van der Waals surface area contributed by atoms with Gasteiger partial charge in [-0.15, -0.1) is 11.3 Å². The minimum absolute atomic E-state index is 1.04. The predicted octanol–water partition coefficient (Wildman–Crippen LogP) is 1.78.